The van der Waals surface area contributed by atoms with Crippen molar-refractivity contribution in [1.29, 1.82) is 0 Å². The maximum atomic E-state index is 13.3. The first-order valence-electron chi connectivity index (χ1n) is 13.8. The van der Waals surface area contributed by atoms with E-state index in [0.717, 1.165) is 63.2 Å². The number of nitrogens with one attached hydrogen (secondary N) is 2. The predicted octanol–water partition coefficient (Wildman–Crippen LogP) is 3.48. The lowest BCUT2D eigenvalue weighted by atomic mass is 9.52. The van der Waals surface area contributed by atoms with Gasteiger partial charge < -0.3 is 25.5 Å². The monoisotopic (exact) mass is 537 g/mol. The molecule has 5 fully saturated rings. The molecule has 1 saturated heterocycles. The number of piperazine rings is 1. The Hall–Kier alpha value is -2.84. The third-order valence-corrected chi connectivity index (χ3v) is 9.51. The van der Waals surface area contributed by atoms with E-state index < -0.39 is 5.60 Å². The van der Waals surface area contributed by atoms with Gasteiger partial charge in [0, 0.05) is 44.3 Å². The zero-order chi connectivity index (χ0) is 26.6. The van der Waals surface area contributed by atoms with E-state index in [0.29, 0.717) is 34.0 Å². The van der Waals surface area contributed by atoms with E-state index in [1.807, 2.05) is 18.2 Å². The highest BCUT2D eigenvalue weighted by molar-refractivity contribution is 6.33. The summed E-state index contributed by atoms with van der Waals surface area (Å²) in [5.41, 5.74) is 1.38. The SMILES string of the molecule is CNC(=O)c1ccc(N2CCN(c3cccc(C(=O)N[C@H]4C5CC6CC4C[C@](O)(C6)C5)n3)[C@H](C)C2)c(Cl)c1. The number of anilines is 2. The van der Waals surface area contributed by atoms with Crippen molar-refractivity contribution in [2.24, 2.45) is 17.8 Å². The first kappa shape index (κ1) is 25.4. The number of hydrogen-bond acceptors (Lipinski definition) is 6. The summed E-state index contributed by atoms with van der Waals surface area (Å²) in [5, 5.41) is 17.4. The Kier molecular flexibility index (Phi) is 6.51. The molecule has 5 aliphatic rings. The first-order valence-corrected chi connectivity index (χ1v) is 14.1. The summed E-state index contributed by atoms with van der Waals surface area (Å²) in [7, 11) is 1.60. The van der Waals surface area contributed by atoms with Crippen LogP contribution in [0.2, 0.25) is 5.02 Å². The molecule has 1 aromatic heterocycles. The summed E-state index contributed by atoms with van der Waals surface area (Å²) in [6.45, 7) is 4.37. The Morgan fingerprint density at radius 1 is 1.08 bits per heavy atom. The van der Waals surface area contributed by atoms with E-state index in [-0.39, 0.29) is 23.9 Å². The fourth-order valence-electron chi connectivity index (χ4n) is 7.72. The van der Waals surface area contributed by atoms with E-state index in [1.165, 1.54) is 0 Å². The number of nitrogens with zero attached hydrogens (tertiary/aromatic N) is 3. The van der Waals surface area contributed by atoms with Gasteiger partial charge in [0.2, 0.25) is 0 Å². The quantitative estimate of drug-likeness (QED) is 0.540. The number of benzene rings is 1. The number of aliphatic hydroxyl groups is 1. The Morgan fingerprint density at radius 3 is 2.50 bits per heavy atom. The summed E-state index contributed by atoms with van der Waals surface area (Å²) < 4.78 is 0. The van der Waals surface area contributed by atoms with Crippen molar-refractivity contribution in [3.63, 3.8) is 0 Å². The fourth-order valence-corrected chi connectivity index (χ4v) is 8.02. The minimum atomic E-state index is -0.509. The van der Waals surface area contributed by atoms with Crippen molar-refractivity contribution in [2.45, 2.75) is 56.7 Å². The number of aromatic nitrogens is 1. The van der Waals surface area contributed by atoms with E-state index in [9.17, 15) is 14.7 Å². The van der Waals surface area contributed by atoms with Crippen molar-refractivity contribution in [3.05, 3.63) is 52.7 Å². The van der Waals surface area contributed by atoms with Gasteiger partial charge in [0.25, 0.3) is 11.8 Å². The summed E-state index contributed by atoms with van der Waals surface area (Å²) in [4.78, 5) is 34.5. The molecule has 4 saturated carbocycles. The van der Waals surface area contributed by atoms with Gasteiger partial charge in [-0.05, 0) is 87.1 Å². The smallest absolute Gasteiger partial charge is 0.270 e. The summed E-state index contributed by atoms with van der Waals surface area (Å²) in [6.07, 6.45) is 4.76. The van der Waals surface area contributed by atoms with Crippen LogP contribution in [0.3, 0.4) is 0 Å². The third kappa shape index (κ3) is 4.62. The zero-order valence-corrected chi connectivity index (χ0v) is 22.7. The molecule has 1 aromatic carbocycles. The molecular formula is C29H36ClN5O3. The molecule has 0 spiro atoms. The lowest BCUT2D eigenvalue weighted by molar-refractivity contribution is -0.136. The van der Waals surface area contributed by atoms with Crippen LogP contribution in [-0.4, -0.2) is 66.3 Å². The normalized spacial score (nSPS) is 31.8. The highest BCUT2D eigenvalue weighted by Gasteiger charge is 2.55. The van der Waals surface area contributed by atoms with Gasteiger partial charge in [-0.25, -0.2) is 4.98 Å². The van der Waals surface area contributed by atoms with E-state index >= 15 is 0 Å². The molecule has 2 unspecified atom stereocenters. The number of pyridine rings is 1. The van der Waals surface area contributed by atoms with Crippen molar-refractivity contribution >= 4 is 34.9 Å². The van der Waals surface area contributed by atoms with E-state index in [4.69, 9.17) is 16.6 Å². The maximum absolute atomic E-state index is 13.3. The highest BCUT2D eigenvalue weighted by Crippen LogP contribution is 2.55. The van der Waals surface area contributed by atoms with Gasteiger partial charge in [-0.15, -0.1) is 0 Å². The van der Waals surface area contributed by atoms with Crippen LogP contribution < -0.4 is 20.4 Å². The molecule has 1 aliphatic heterocycles. The molecule has 9 heteroatoms. The van der Waals surface area contributed by atoms with E-state index in [2.05, 4.69) is 27.4 Å². The second-order valence-electron chi connectivity index (χ2n) is 11.8. The number of amides is 2. The van der Waals surface area contributed by atoms with Gasteiger partial charge >= 0.3 is 0 Å². The summed E-state index contributed by atoms with van der Waals surface area (Å²) in [6, 6.07) is 11.3. The van der Waals surface area contributed by atoms with E-state index in [1.54, 1.807) is 25.2 Å². The van der Waals surface area contributed by atoms with Crippen molar-refractivity contribution in [2.75, 3.05) is 36.5 Å². The molecule has 7 rings (SSSR count). The number of rotatable bonds is 5. The fraction of sp³-hybridized carbons (Fsp3) is 0.552. The minimum absolute atomic E-state index is 0.120. The molecule has 3 N–H and O–H groups in total. The minimum Gasteiger partial charge on any atom is -0.390 e. The molecule has 3 atom stereocenters. The average molecular weight is 538 g/mol. The Balaban J connectivity index is 1.12. The second-order valence-corrected chi connectivity index (χ2v) is 12.2. The number of carbonyl (C=O) groups excluding carboxylic acids is 2. The molecule has 202 valence electrons. The molecular weight excluding hydrogens is 502 g/mol. The molecule has 2 amide bonds. The summed E-state index contributed by atoms with van der Waals surface area (Å²) in [5.74, 6) is 1.85. The molecule has 8 nitrogen and oxygen atoms in total. The van der Waals surface area contributed by atoms with Gasteiger partial charge in [-0.2, -0.15) is 0 Å². The molecule has 4 bridgehead atoms. The van der Waals surface area contributed by atoms with Gasteiger partial charge in [-0.1, -0.05) is 17.7 Å². The number of halogens is 1. The van der Waals surface area contributed by atoms with Crippen LogP contribution >= 0.6 is 11.6 Å². The van der Waals surface area contributed by atoms with Gasteiger partial charge in [-0.3, -0.25) is 9.59 Å². The molecule has 2 aromatic rings. The first-order chi connectivity index (χ1) is 18.2. The topological polar surface area (TPSA) is 97.8 Å². The average Bonchev–Trinajstić information content (AvgIpc) is 2.89. The summed E-state index contributed by atoms with van der Waals surface area (Å²) >= 11 is 6.55. The van der Waals surface area contributed by atoms with Gasteiger partial charge in [0.05, 0.1) is 16.3 Å². The molecule has 0 radical (unpaired) electrons. The maximum Gasteiger partial charge on any atom is 0.270 e. The highest BCUT2D eigenvalue weighted by atomic mass is 35.5. The molecule has 4 aliphatic carbocycles. The largest absolute Gasteiger partial charge is 0.390 e. The Labute approximate surface area is 228 Å². The Morgan fingerprint density at radius 2 is 1.84 bits per heavy atom. The van der Waals surface area contributed by atoms with Crippen LogP contribution in [-0.2, 0) is 0 Å². The predicted molar refractivity (Wildman–Crippen MR) is 148 cm³/mol. The lowest BCUT2D eigenvalue weighted by Crippen LogP contribution is -2.61. The molecule has 38 heavy (non-hydrogen) atoms. The van der Waals surface area contributed by atoms with Crippen molar-refractivity contribution < 1.29 is 14.7 Å². The van der Waals surface area contributed by atoms with Gasteiger partial charge in [0.15, 0.2) is 0 Å². The second kappa shape index (κ2) is 9.72. The van der Waals surface area contributed by atoms with Crippen molar-refractivity contribution in [3.8, 4) is 0 Å². The number of carbonyl (C=O) groups is 2. The zero-order valence-electron chi connectivity index (χ0n) is 22.0. The number of hydrogen-bond donors (Lipinski definition) is 3. The van der Waals surface area contributed by atoms with Crippen LogP contribution in [0.5, 0.6) is 0 Å². The van der Waals surface area contributed by atoms with Gasteiger partial charge in [0.1, 0.15) is 11.5 Å². The third-order valence-electron chi connectivity index (χ3n) is 9.21. The van der Waals surface area contributed by atoms with Crippen LogP contribution in [0.4, 0.5) is 11.5 Å². The standard InChI is InChI=1S/C29H36ClN5O3/c1-17-16-34(24-7-6-19(12-22(24)30)27(36)31-2)8-9-35(17)25-5-3-4-23(32-25)28(37)33-26-20-10-18-11-21(26)15-29(38,13-18)14-20/h3-7,12,17-18,20-21,26,38H,8-11,13-16H2,1-2H3,(H,31,36)(H,33,37)/t17-,18?,20?,21?,26-,29-/m1/s1. The van der Waals surface area contributed by atoms with Crippen LogP contribution in [0, 0.1) is 17.8 Å². The lowest BCUT2D eigenvalue weighted by Gasteiger charge is -2.58. The van der Waals surface area contributed by atoms with Crippen molar-refractivity contribution in [1.82, 2.24) is 15.6 Å². The molecule has 2 heterocycles. The van der Waals surface area contributed by atoms with Crippen LogP contribution in [0.15, 0.2) is 36.4 Å². The Bertz CT molecular complexity index is 1240. The van der Waals surface area contributed by atoms with Crippen LogP contribution in [0.1, 0.15) is 59.9 Å². The van der Waals surface area contributed by atoms with Crippen LogP contribution in [0.25, 0.3) is 0 Å².